The van der Waals surface area contributed by atoms with E-state index < -0.39 is 0 Å². The molecule has 1 aliphatic rings. The molecule has 2 heterocycles. The van der Waals surface area contributed by atoms with E-state index in [1.165, 1.54) is 5.56 Å². The number of hydrogen-bond donors (Lipinski definition) is 2. The summed E-state index contributed by atoms with van der Waals surface area (Å²) in [6, 6.07) is 8.98. The third kappa shape index (κ3) is 3.81. The van der Waals surface area contributed by atoms with Crippen LogP contribution in [0.3, 0.4) is 0 Å². The molecule has 1 aromatic heterocycles. The Bertz CT molecular complexity index is 578. The zero-order valence-corrected chi connectivity index (χ0v) is 13.4. The second-order valence-corrected chi connectivity index (χ2v) is 6.52. The van der Waals surface area contributed by atoms with Gasteiger partial charge in [0.05, 0.1) is 5.69 Å². The molecule has 0 bridgehead atoms. The molecule has 0 amide bonds. The smallest absolute Gasteiger partial charge is 0.187 e. The van der Waals surface area contributed by atoms with E-state index in [0.29, 0.717) is 6.04 Å². The highest BCUT2D eigenvalue weighted by molar-refractivity contribution is 7.13. The van der Waals surface area contributed by atoms with Gasteiger partial charge in [0.15, 0.2) is 5.13 Å². The second-order valence-electron chi connectivity index (χ2n) is 5.66. The summed E-state index contributed by atoms with van der Waals surface area (Å²) in [5.41, 5.74) is 3.52. The fraction of sp³-hybridized carbons (Fsp3) is 0.438. The molecule has 1 saturated heterocycles. The Balaban J connectivity index is 1.61. The van der Waals surface area contributed by atoms with Crippen molar-refractivity contribution < 1.29 is 0 Å². The molecule has 0 saturated carbocycles. The van der Waals surface area contributed by atoms with E-state index in [1.807, 2.05) is 0 Å². The Morgan fingerprint density at radius 1 is 1.38 bits per heavy atom. The lowest BCUT2D eigenvalue weighted by Gasteiger charge is -2.33. The molecule has 1 fully saturated rings. The van der Waals surface area contributed by atoms with Gasteiger partial charge in [-0.2, -0.15) is 0 Å². The summed E-state index contributed by atoms with van der Waals surface area (Å²) >= 11 is 1.67. The van der Waals surface area contributed by atoms with Gasteiger partial charge in [0.2, 0.25) is 0 Å². The summed E-state index contributed by atoms with van der Waals surface area (Å²) in [5.74, 6) is 0. The van der Waals surface area contributed by atoms with Crippen molar-refractivity contribution in [2.75, 3.05) is 25.0 Å². The number of rotatable bonds is 4. The lowest BCUT2D eigenvalue weighted by Crippen LogP contribution is -2.49. The van der Waals surface area contributed by atoms with Gasteiger partial charge in [0.25, 0.3) is 0 Å². The summed E-state index contributed by atoms with van der Waals surface area (Å²) < 4.78 is 0. The topological polar surface area (TPSA) is 40.2 Å². The maximum Gasteiger partial charge on any atom is 0.187 e. The molecule has 1 aromatic carbocycles. The number of piperazine rings is 1. The summed E-state index contributed by atoms with van der Waals surface area (Å²) in [6.07, 6.45) is 0. The van der Waals surface area contributed by atoms with Gasteiger partial charge in [-0.3, -0.25) is 4.90 Å². The molecule has 0 radical (unpaired) electrons. The van der Waals surface area contributed by atoms with Crippen LogP contribution in [0.2, 0.25) is 0 Å². The fourth-order valence-electron chi connectivity index (χ4n) is 2.52. The first kappa shape index (κ1) is 14.5. The lowest BCUT2D eigenvalue weighted by atomic mass is 10.2. The van der Waals surface area contributed by atoms with Crippen molar-refractivity contribution in [3.05, 3.63) is 40.9 Å². The fourth-order valence-corrected chi connectivity index (χ4v) is 3.25. The van der Waals surface area contributed by atoms with Crippen molar-refractivity contribution in [1.82, 2.24) is 15.2 Å². The van der Waals surface area contributed by atoms with E-state index >= 15 is 0 Å². The largest absolute Gasteiger partial charge is 0.332 e. The van der Waals surface area contributed by atoms with Crippen LogP contribution in [0.15, 0.2) is 29.6 Å². The first-order valence-corrected chi connectivity index (χ1v) is 8.31. The molecular weight excluding hydrogens is 280 g/mol. The van der Waals surface area contributed by atoms with Gasteiger partial charge >= 0.3 is 0 Å². The van der Waals surface area contributed by atoms with Crippen LogP contribution >= 0.6 is 11.3 Å². The quantitative estimate of drug-likeness (QED) is 0.911. The van der Waals surface area contributed by atoms with Crippen molar-refractivity contribution in [3.63, 3.8) is 0 Å². The molecule has 2 aromatic rings. The van der Waals surface area contributed by atoms with Crippen LogP contribution in [-0.2, 0) is 6.54 Å². The predicted molar refractivity (Wildman–Crippen MR) is 89.3 cm³/mol. The van der Waals surface area contributed by atoms with Crippen LogP contribution in [-0.4, -0.2) is 35.6 Å². The van der Waals surface area contributed by atoms with Crippen LogP contribution in [0.1, 0.15) is 18.2 Å². The van der Waals surface area contributed by atoms with Gasteiger partial charge in [-0.05, 0) is 26.0 Å². The zero-order valence-electron chi connectivity index (χ0n) is 12.6. The van der Waals surface area contributed by atoms with Gasteiger partial charge in [0.1, 0.15) is 0 Å². The molecule has 2 N–H and O–H groups in total. The van der Waals surface area contributed by atoms with Gasteiger partial charge in [0, 0.05) is 43.3 Å². The van der Waals surface area contributed by atoms with Crippen molar-refractivity contribution in [2.45, 2.75) is 26.4 Å². The molecule has 0 spiro atoms. The van der Waals surface area contributed by atoms with Crippen LogP contribution in [0.25, 0.3) is 0 Å². The number of nitrogens with zero attached hydrogens (tertiary/aromatic N) is 2. The average Bonchev–Trinajstić information content (AvgIpc) is 2.91. The molecule has 4 nitrogen and oxygen atoms in total. The minimum atomic E-state index is 0.578. The van der Waals surface area contributed by atoms with E-state index in [1.54, 1.807) is 11.3 Å². The molecular formula is C16H22N4S. The van der Waals surface area contributed by atoms with Crippen molar-refractivity contribution in [1.29, 1.82) is 0 Å². The van der Waals surface area contributed by atoms with Gasteiger partial charge < -0.3 is 10.6 Å². The third-order valence-corrected chi connectivity index (χ3v) is 4.67. The van der Waals surface area contributed by atoms with Crippen LogP contribution in [0.4, 0.5) is 10.8 Å². The highest BCUT2D eigenvalue weighted by atomic mass is 32.1. The van der Waals surface area contributed by atoms with Crippen LogP contribution < -0.4 is 10.6 Å². The molecule has 1 aliphatic heterocycles. The maximum absolute atomic E-state index is 4.70. The number of aromatic nitrogens is 1. The molecule has 112 valence electrons. The molecule has 5 heteroatoms. The lowest BCUT2D eigenvalue weighted by molar-refractivity contribution is 0.164. The van der Waals surface area contributed by atoms with E-state index in [-0.39, 0.29) is 0 Å². The predicted octanol–water partition coefficient (Wildman–Crippen LogP) is 2.99. The van der Waals surface area contributed by atoms with Crippen molar-refractivity contribution in [2.24, 2.45) is 0 Å². The third-order valence-electron chi connectivity index (χ3n) is 3.86. The van der Waals surface area contributed by atoms with Crippen LogP contribution in [0.5, 0.6) is 0 Å². The molecule has 3 rings (SSSR count). The summed E-state index contributed by atoms with van der Waals surface area (Å²) in [6.45, 7) is 8.54. The van der Waals surface area contributed by atoms with Gasteiger partial charge in [-0.1, -0.05) is 17.7 Å². The summed E-state index contributed by atoms with van der Waals surface area (Å²) in [5, 5.41) is 9.92. The number of thiazole rings is 1. The minimum absolute atomic E-state index is 0.578. The number of aryl methyl sites for hydroxylation is 1. The standard InChI is InChI=1S/C16H22N4S/c1-12-3-5-14(6-4-12)18-16-19-15(11-21-16)10-20-8-7-17-9-13(20)2/h3-6,11,13,17H,7-10H2,1-2H3,(H,18,19)/t13-/m0/s1. The number of benzene rings is 1. The Hall–Kier alpha value is -1.43. The van der Waals surface area contributed by atoms with Crippen LogP contribution in [0, 0.1) is 6.92 Å². The Morgan fingerprint density at radius 3 is 2.95 bits per heavy atom. The van der Waals surface area contributed by atoms with E-state index in [9.17, 15) is 0 Å². The summed E-state index contributed by atoms with van der Waals surface area (Å²) in [4.78, 5) is 7.19. The Labute approximate surface area is 130 Å². The first-order chi connectivity index (χ1) is 10.2. The Morgan fingerprint density at radius 2 is 2.19 bits per heavy atom. The molecule has 0 aliphatic carbocycles. The normalized spacial score (nSPS) is 19.6. The highest BCUT2D eigenvalue weighted by Gasteiger charge is 2.18. The highest BCUT2D eigenvalue weighted by Crippen LogP contribution is 2.22. The number of nitrogens with one attached hydrogen (secondary N) is 2. The first-order valence-electron chi connectivity index (χ1n) is 7.43. The summed E-state index contributed by atoms with van der Waals surface area (Å²) in [7, 11) is 0. The maximum atomic E-state index is 4.70. The Kier molecular flexibility index (Phi) is 4.53. The average molecular weight is 302 g/mol. The van der Waals surface area contributed by atoms with Crippen molar-refractivity contribution >= 4 is 22.2 Å². The SMILES string of the molecule is Cc1ccc(Nc2nc(CN3CCNC[C@@H]3C)cs2)cc1. The van der Waals surface area contributed by atoms with E-state index in [0.717, 1.165) is 42.7 Å². The molecule has 1 atom stereocenters. The van der Waals surface area contributed by atoms with Gasteiger partial charge in [-0.25, -0.2) is 4.98 Å². The second kappa shape index (κ2) is 6.56. The number of anilines is 2. The minimum Gasteiger partial charge on any atom is -0.332 e. The van der Waals surface area contributed by atoms with Gasteiger partial charge in [-0.15, -0.1) is 11.3 Å². The molecule has 0 unspecified atom stereocenters. The monoisotopic (exact) mass is 302 g/mol. The number of hydrogen-bond acceptors (Lipinski definition) is 5. The van der Waals surface area contributed by atoms with E-state index in [4.69, 9.17) is 4.98 Å². The zero-order chi connectivity index (χ0) is 14.7. The van der Waals surface area contributed by atoms with Crippen molar-refractivity contribution in [3.8, 4) is 0 Å². The molecule has 21 heavy (non-hydrogen) atoms. The van der Waals surface area contributed by atoms with E-state index in [2.05, 4.69) is 59.0 Å².